The van der Waals surface area contributed by atoms with Crippen molar-refractivity contribution in [3.8, 4) is 5.75 Å². The minimum Gasteiger partial charge on any atom is -0.496 e. The molecule has 2 saturated carbocycles. The highest BCUT2D eigenvalue weighted by atomic mass is 35.5. The molecule has 8 heteroatoms. The van der Waals surface area contributed by atoms with Crippen LogP contribution in [0.15, 0.2) is 30.9 Å². The Morgan fingerprint density at radius 1 is 1.06 bits per heavy atom. The van der Waals surface area contributed by atoms with E-state index >= 15 is 0 Å². The Bertz CT molecular complexity index is 1140. The van der Waals surface area contributed by atoms with Crippen molar-refractivity contribution in [3.05, 3.63) is 47.1 Å². The maximum atomic E-state index is 13.8. The predicted molar refractivity (Wildman–Crippen MR) is 128 cm³/mol. The lowest BCUT2D eigenvalue weighted by Gasteiger charge is -2.39. The Hall–Kier alpha value is -2.67. The van der Waals surface area contributed by atoms with Gasteiger partial charge < -0.3 is 14.2 Å². The third kappa shape index (κ3) is 4.43. The van der Waals surface area contributed by atoms with Gasteiger partial charge >= 0.3 is 0 Å². The van der Waals surface area contributed by atoms with Crippen molar-refractivity contribution in [1.29, 1.82) is 0 Å². The fourth-order valence-corrected chi connectivity index (χ4v) is 5.66. The van der Waals surface area contributed by atoms with Crippen LogP contribution in [0.3, 0.4) is 0 Å². The third-order valence-corrected chi connectivity index (χ3v) is 7.43. The highest BCUT2D eigenvalue weighted by Gasteiger charge is 2.34. The van der Waals surface area contributed by atoms with Crippen molar-refractivity contribution in [2.45, 2.75) is 76.4 Å². The number of carbonyl (C=O) groups excluding carboxylic acids is 1. The number of benzene rings is 1. The van der Waals surface area contributed by atoms with Crippen LogP contribution in [-0.2, 0) is 6.54 Å². The van der Waals surface area contributed by atoms with Gasteiger partial charge in [0, 0.05) is 23.2 Å². The average molecular weight is 468 g/mol. The van der Waals surface area contributed by atoms with Crippen LogP contribution in [0.5, 0.6) is 5.75 Å². The first-order valence-corrected chi connectivity index (χ1v) is 12.3. The van der Waals surface area contributed by atoms with Gasteiger partial charge in [0.05, 0.1) is 20.0 Å². The molecule has 0 N–H and O–H groups in total. The Labute approximate surface area is 199 Å². The second kappa shape index (κ2) is 9.67. The van der Waals surface area contributed by atoms with Gasteiger partial charge in [-0.05, 0) is 37.8 Å². The number of aromatic nitrogens is 4. The van der Waals surface area contributed by atoms with Crippen molar-refractivity contribution in [1.82, 2.24) is 24.4 Å². The van der Waals surface area contributed by atoms with Gasteiger partial charge in [-0.25, -0.2) is 15.0 Å². The lowest BCUT2D eigenvalue weighted by atomic mass is 9.92. The minimum atomic E-state index is 0.145. The molecule has 5 rings (SSSR count). The molecule has 2 aliphatic rings. The summed E-state index contributed by atoms with van der Waals surface area (Å²) in [6, 6.07) is 6.54. The van der Waals surface area contributed by atoms with Crippen LogP contribution in [0.1, 0.15) is 73.7 Å². The third-order valence-electron chi connectivity index (χ3n) is 7.15. The topological polar surface area (TPSA) is 73.1 Å². The largest absolute Gasteiger partial charge is 0.496 e. The number of amides is 1. The monoisotopic (exact) mass is 467 g/mol. The molecule has 2 fully saturated rings. The Kier molecular flexibility index (Phi) is 6.49. The van der Waals surface area contributed by atoms with Gasteiger partial charge in [0.1, 0.15) is 17.6 Å². The van der Waals surface area contributed by atoms with E-state index in [-0.39, 0.29) is 5.91 Å². The first-order chi connectivity index (χ1) is 16.2. The number of imidazole rings is 1. The number of methoxy groups -OCH3 is 1. The fraction of sp³-hybridized carbons (Fsp3) is 0.520. The number of hydrogen-bond donors (Lipinski definition) is 0. The van der Waals surface area contributed by atoms with E-state index in [1.807, 2.05) is 22.8 Å². The summed E-state index contributed by atoms with van der Waals surface area (Å²) in [6.45, 7) is 0.510. The zero-order valence-electron chi connectivity index (χ0n) is 19.0. The van der Waals surface area contributed by atoms with Crippen LogP contribution in [0.2, 0.25) is 5.15 Å². The molecule has 2 heterocycles. The summed E-state index contributed by atoms with van der Waals surface area (Å²) in [4.78, 5) is 28.6. The second-order valence-corrected chi connectivity index (χ2v) is 9.54. The number of rotatable bonds is 6. The van der Waals surface area contributed by atoms with Crippen LogP contribution >= 0.6 is 11.6 Å². The van der Waals surface area contributed by atoms with Crippen molar-refractivity contribution in [2.24, 2.45) is 0 Å². The molecular weight excluding hydrogens is 438 g/mol. The molecule has 174 valence electrons. The number of hydrogen-bond acceptors (Lipinski definition) is 5. The van der Waals surface area contributed by atoms with Crippen molar-refractivity contribution < 1.29 is 9.53 Å². The van der Waals surface area contributed by atoms with E-state index in [9.17, 15) is 4.79 Å². The molecule has 2 aromatic heterocycles. The summed E-state index contributed by atoms with van der Waals surface area (Å²) in [5.74, 6) is 0.837. The number of carbonyl (C=O) groups is 1. The van der Waals surface area contributed by atoms with E-state index in [1.54, 1.807) is 13.4 Å². The van der Waals surface area contributed by atoms with E-state index in [0.717, 1.165) is 31.2 Å². The lowest BCUT2D eigenvalue weighted by molar-refractivity contribution is 0.0517. The van der Waals surface area contributed by atoms with Crippen LogP contribution in [0, 0.1) is 0 Å². The van der Waals surface area contributed by atoms with Gasteiger partial charge in [0.2, 0.25) is 0 Å². The van der Waals surface area contributed by atoms with Crippen molar-refractivity contribution in [2.75, 3.05) is 7.11 Å². The fourth-order valence-electron chi connectivity index (χ4n) is 5.48. The molecule has 0 atom stereocenters. The van der Waals surface area contributed by atoms with Gasteiger partial charge in [0.25, 0.3) is 5.91 Å². The number of fused-ring (bicyclic) bond motifs is 1. The van der Waals surface area contributed by atoms with Gasteiger partial charge in [0.15, 0.2) is 10.8 Å². The lowest BCUT2D eigenvalue weighted by Crippen LogP contribution is -2.47. The smallest absolute Gasteiger partial charge is 0.254 e. The van der Waals surface area contributed by atoms with Crippen LogP contribution in [0.25, 0.3) is 11.2 Å². The van der Waals surface area contributed by atoms with Gasteiger partial charge in [-0.1, -0.05) is 49.8 Å². The zero-order chi connectivity index (χ0) is 22.8. The quantitative estimate of drug-likeness (QED) is 0.462. The van der Waals surface area contributed by atoms with Crippen molar-refractivity contribution >= 4 is 28.7 Å². The maximum Gasteiger partial charge on any atom is 0.254 e. The molecule has 0 aliphatic heterocycles. The highest BCUT2D eigenvalue weighted by molar-refractivity contribution is 6.33. The molecule has 3 aromatic rings. The van der Waals surface area contributed by atoms with E-state index in [2.05, 4.69) is 19.9 Å². The van der Waals surface area contributed by atoms with Gasteiger partial charge in [-0.15, -0.1) is 0 Å². The molecule has 2 aliphatic carbocycles. The van der Waals surface area contributed by atoms with Crippen LogP contribution in [-0.4, -0.2) is 49.5 Å². The van der Waals surface area contributed by atoms with Gasteiger partial charge in [-0.2, -0.15) is 0 Å². The SMILES string of the molecule is COc1cc(C(=O)N(C2CCCCC2)C2CCCC2)ccc1Cn1cnc2c(Cl)ncnc21. The molecule has 33 heavy (non-hydrogen) atoms. The summed E-state index contributed by atoms with van der Waals surface area (Å²) >= 11 is 6.14. The van der Waals surface area contributed by atoms with E-state index in [4.69, 9.17) is 16.3 Å². The summed E-state index contributed by atoms with van der Waals surface area (Å²) in [6.07, 6.45) is 13.8. The number of ether oxygens (including phenoxy) is 1. The van der Waals surface area contributed by atoms with Crippen LogP contribution in [0.4, 0.5) is 0 Å². The van der Waals surface area contributed by atoms with Crippen molar-refractivity contribution in [3.63, 3.8) is 0 Å². The Balaban J connectivity index is 1.42. The van der Waals surface area contributed by atoms with E-state index in [1.165, 1.54) is 38.4 Å². The van der Waals surface area contributed by atoms with Crippen LogP contribution < -0.4 is 4.74 Å². The number of nitrogens with zero attached hydrogens (tertiary/aromatic N) is 5. The highest BCUT2D eigenvalue weighted by Crippen LogP contribution is 2.33. The molecule has 0 spiro atoms. The minimum absolute atomic E-state index is 0.145. The van der Waals surface area contributed by atoms with Gasteiger partial charge in [-0.3, -0.25) is 4.79 Å². The molecule has 0 unspecified atom stereocenters. The first kappa shape index (κ1) is 22.1. The Morgan fingerprint density at radius 2 is 1.76 bits per heavy atom. The molecule has 1 amide bonds. The summed E-state index contributed by atoms with van der Waals surface area (Å²) in [5.41, 5.74) is 2.90. The number of halogens is 1. The van der Waals surface area contributed by atoms with E-state index in [0.29, 0.717) is 46.3 Å². The Morgan fingerprint density at radius 3 is 2.45 bits per heavy atom. The summed E-state index contributed by atoms with van der Waals surface area (Å²) < 4.78 is 7.62. The molecule has 0 saturated heterocycles. The molecule has 7 nitrogen and oxygen atoms in total. The second-order valence-electron chi connectivity index (χ2n) is 9.18. The normalized spacial score (nSPS) is 17.5. The standard InChI is InChI=1S/C25H30ClN5O2/c1-33-21-13-17(25(32)31(20-9-5-6-10-20)19-7-3-2-4-8-19)11-12-18(21)14-30-16-29-22-23(26)27-15-28-24(22)30/h11-13,15-16,19-20H,2-10,14H2,1H3. The average Bonchev–Trinajstić information content (AvgIpc) is 3.52. The molecule has 0 bridgehead atoms. The summed E-state index contributed by atoms with van der Waals surface area (Å²) in [7, 11) is 1.65. The molecule has 0 radical (unpaired) electrons. The summed E-state index contributed by atoms with van der Waals surface area (Å²) in [5, 5.41) is 0.335. The maximum absolute atomic E-state index is 13.8. The predicted octanol–water partition coefficient (Wildman–Crippen LogP) is 5.25. The molecular formula is C25H30ClN5O2. The zero-order valence-corrected chi connectivity index (χ0v) is 19.8. The van der Waals surface area contributed by atoms with E-state index < -0.39 is 0 Å². The first-order valence-electron chi connectivity index (χ1n) is 12.0. The molecule has 1 aromatic carbocycles.